The molecule has 12 heteroatoms. The van der Waals surface area contributed by atoms with E-state index in [4.69, 9.17) is 0 Å². The van der Waals surface area contributed by atoms with Gasteiger partial charge in [0.05, 0.1) is 37.3 Å². The van der Waals surface area contributed by atoms with Gasteiger partial charge in [-0.25, -0.2) is 8.42 Å². The molecule has 3 heterocycles. The van der Waals surface area contributed by atoms with Gasteiger partial charge in [0.15, 0.2) is 9.84 Å². The largest absolute Gasteiger partial charge is 1.00 e. The Kier molecular flexibility index (Phi) is 4.63. The molecular weight excluding hydrogens is 339 g/mol. The molecule has 0 aliphatic carbocycles. The fourth-order valence-corrected chi connectivity index (χ4v) is 5.81. The summed E-state index contributed by atoms with van der Waals surface area (Å²) in [5.74, 6) is -3.49. The van der Waals surface area contributed by atoms with Crippen LogP contribution in [0, 0.1) is 5.92 Å². The van der Waals surface area contributed by atoms with Gasteiger partial charge in [-0.3, -0.25) is 9.48 Å². The standard InChI is InChI=1S/C11H14N4O6S.Na/c1-11(5-14-3-2-12-13-14)7(10(18)19)15-8(17)6(4-16)9(15)22(11,20)21;/h2-3,6-7,9,16H,4-5H2,1H3,(H,18,19);/q;+1/p-1/t6-,7+,9-,11+;/m1./s1. The van der Waals surface area contributed by atoms with Gasteiger partial charge in [-0.1, -0.05) is 5.21 Å². The average molecular weight is 352 g/mol. The first kappa shape index (κ1) is 18.3. The zero-order valence-corrected chi connectivity index (χ0v) is 15.3. The summed E-state index contributed by atoms with van der Waals surface area (Å²) in [6.07, 6.45) is 2.73. The second-order valence-corrected chi connectivity index (χ2v) is 8.11. The first-order chi connectivity index (χ1) is 10.3. The number of aromatic nitrogens is 3. The van der Waals surface area contributed by atoms with E-state index in [9.17, 15) is 28.2 Å². The van der Waals surface area contributed by atoms with Gasteiger partial charge in [0.1, 0.15) is 10.1 Å². The van der Waals surface area contributed by atoms with E-state index < -0.39 is 50.4 Å². The van der Waals surface area contributed by atoms with E-state index in [-0.39, 0.29) is 36.1 Å². The molecule has 3 rings (SSSR count). The summed E-state index contributed by atoms with van der Waals surface area (Å²) in [5, 5.41) is 26.5. The van der Waals surface area contributed by atoms with Crippen molar-refractivity contribution in [2.75, 3.05) is 6.61 Å². The van der Waals surface area contributed by atoms with Crippen LogP contribution in [-0.4, -0.2) is 68.1 Å². The second kappa shape index (κ2) is 5.81. The summed E-state index contributed by atoms with van der Waals surface area (Å²) < 4.78 is 24.9. The maximum atomic E-state index is 12.8. The number of nitrogens with zero attached hydrogens (tertiary/aromatic N) is 4. The van der Waals surface area contributed by atoms with Gasteiger partial charge in [0.25, 0.3) is 0 Å². The second-order valence-electron chi connectivity index (χ2n) is 5.61. The van der Waals surface area contributed by atoms with E-state index in [2.05, 4.69) is 10.3 Å². The summed E-state index contributed by atoms with van der Waals surface area (Å²) >= 11 is 0. The molecule has 1 amide bonds. The number of carboxylic acids is 1. The van der Waals surface area contributed by atoms with Crippen molar-refractivity contribution in [2.45, 2.75) is 29.6 Å². The number of carbonyl (C=O) groups excluding carboxylic acids is 2. The molecule has 2 saturated heterocycles. The first-order valence-corrected chi connectivity index (χ1v) is 8.02. The van der Waals surface area contributed by atoms with Crippen LogP contribution in [0.4, 0.5) is 0 Å². The number of hydrogen-bond acceptors (Lipinski definition) is 8. The van der Waals surface area contributed by atoms with E-state index in [1.807, 2.05) is 0 Å². The van der Waals surface area contributed by atoms with Gasteiger partial charge < -0.3 is 19.9 Å². The number of carbonyl (C=O) groups is 2. The minimum Gasteiger partial charge on any atom is -0.548 e. The number of aliphatic hydroxyl groups excluding tert-OH is 1. The number of amides is 1. The van der Waals surface area contributed by atoms with Gasteiger partial charge >= 0.3 is 29.6 Å². The van der Waals surface area contributed by atoms with Crippen LogP contribution in [0.1, 0.15) is 6.92 Å². The van der Waals surface area contributed by atoms with Gasteiger partial charge in [-0.05, 0) is 6.92 Å². The minimum atomic E-state index is -4.06. The number of rotatable bonds is 4. The Balaban J connectivity index is 0.00000192. The zero-order chi connectivity index (χ0) is 16.3. The SMILES string of the molecule is C[C@]1(Cn2ccnn2)[C@H](C(=O)[O-])N2C(=O)[C@@H](CO)[C@H]2S1(=O)=O.[Na+]. The number of aliphatic hydroxyl groups is 1. The molecule has 2 fully saturated rings. The summed E-state index contributed by atoms with van der Waals surface area (Å²) in [5.41, 5.74) is 0. The molecule has 0 radical (unpaired) electrons. The fraction of sp³-hybridized carbons (Fsp3) is 0.636. The van der Waals surface area contributed by atoms with Crippen molar-refractivity contribution < 1.29 is 57.8 Å². The molecule has 10 nitrogen and oxygen atoms in total. The number of carboxylic acid groups (broad SMARTS) is 1. The van der Waals surface area contributed by atoms with Crippen molar-refractivity contribution in [2.24, 2.45) is 5.92 Å². The van der Waals surface area contributed by atoms with Crippen LogP contribution >= 0.6 is 0 Å². The smallest absolute Gasteiger partial charge is 0.548 e. The quantitative estimate of drug-likeness (QED) is 0.416. The Labute approximate surface area is 153 Å². The van der Waals surface area contributed by atoms with Crippen molar-refractivity contribution in [3.8, 4) is 0 Å². The predicted octanol–water partition coefficient (Wildman–Crippen LogP) is -6.64. The van der Waals surface area contributed by atoms with Crippen LogP contribution in [0.3, 0.4) is 0 Å². The molecule has 2 aliphatic heterocycles. The third kappa shape index (κ3) is 2.25. The Morgan fingerprint density at radius 2 is 2.17 bits per heavy atom. The molecular formula is C11H13N4NaO6S. The van der Waals surface area contributed by atoms with Crippen LogP contribution in [0.25, 0.3) is 0 Å². The molecule has 0 saturated carbocycles. The Hall–Kier alpha value is -1.01. The van der Waals surface area contributed by atoms with Gasteiger partial charge in [-0.15, -0.1) is 5.10 Å². The molecule has 0 aromatic carbocycles. The zero-order valence-electron chi connectivity index (χ0n) is 12.5. The number of aliphatic carboxylic acids is 1. The van der Waals surface area contributed by atoms with Crippen LogP contribution in [-0.2, 0) is 26.0 Å². The monoisotopic (exact) mass is 352 g/mol. The van der Waals surface area contributed by atoms with Gasteiger partial charge in [-0.2, -0.15) is 0 Å². The summed E-state index contributed by atoms with van der Waals surface area (Å²) in [6, 6.07) is -1.64. The Bertz CT molecular complexity index is 738. The van der Waals surface area contributed by atoms with Gasteiger partial charge in [0.2, 0.25) is 5.91 Å². The van der Waals surface area contributed by atoms with E-state index in [1.165, 1.54) is 24.0 Å². The molecule has 0 unspecified atom stereocenters. The summed E-state index contributed by atoms with van der Waals surface area (Å²) in [6.45, 7) is 0.301. The Morgan fingerprint density at radius 3 is 2.65 bits per heavy atom. The number of sulfone groups is 1. The first-order valence-electron chi connectivity index (χ1n) is 6.47. The predicted molar refractivity (Wildman–Crippen MR) is 67.4 cm³/mol. The Morgan fingerprint density at radius 1 is 1.52 bits per heavy atom. The third-order valence-corrected chi connectivity index (χ3v) is 7.23. The van der Waals surface area contributed by atoms with E-state index in [0.29, 0.717) is 0 Å². The van der Waals surface area contributed by atoms with Crippen molar-refractivity contribution in [1.29, 1.82) is 0 Å². The molecule has 1 aromatic rings. The number of hydrogen-bond donors (Lipinski definition) is 1. The van der Waals surface area contributed by atoms with Crippen LogP contribution in [0.5, 0.6) is 0 Å². The normalized spacial score (nSPS) is 34.4. The molecule has 0 spiro atoms. The molecule has 120 valence electrons. The molecule has 0 bridgehead atoms. The molecule has 4 atom stereocenters. The molecule has 2 aliphatic rings. The number of β-lactam (4-membered cyclic amide) rings is 1. The average Bonchev–Trinajstić information content (AvgIpc) is 2.97. The van der Waals surface area contributed by atoms with Crippen molar-refractivity contribution >= 4 is 21.7 Å². The third-order valence-electron chi connectivity index (χ3n) is 4.38. The summed E-state index contributed by atoms with van der Waals surface area (Å²) in [7, 11) is -4.06. The maximum absolute atomic E-state index is 12.8. The maximum Gasteiger partial charge on any atom is 1.00 e. The fourth-order valence-electron chi connectivity index (χ4n) is 3.26. The van der Waals surface area contributed by atoms with Crippen molar-refractivity contribution in [3.63, 3.8) is 0 Å². The van der Waals surface area contributed by atoms with Crippen molar-refractivity contribution in [1.82, 2.24) is 19.9 Å². The topological polar surface area (TPSA) is 146 Å². The van der Waals surface area contributed by atoms with E-state index in [1.54, 1.807) is 0 Å². The molecule has 23 heavy (non-hydrogen) atoms. The molecule has 1 aromatic heterocycles. The van der Waals surface area contributed by atoms with E-state index >= 15 is 0 Å². The van der Waals surface area contributed by atoms with Crippen LogP contribution in [0.15, 0.2) is 12.4 Å². The molecule has 1 N–H and O–H groups in total. The number of fused-ring (bicyclic) bond motifs is 1. The van der Waals surface area contributed by atoms with E-state index in [0.717, 1.165) is 4.90 Å². The van der Waals surface area contributed by atoms with Gasteiger partial charge in [0, 0.05) is 6.20 Å². The van der Waals surface area contributed by atoms with Crippen molar-refractivity contribution in [3.05, 3.63) is 12.4 Å². The van der Waals surface area contributed by atoms with Crippen LogP contribution < -0.4 is 34.7 Å². The summed E-state index contributed by atoms with van der Waals surface area (Å²) in [4.78, 5) is 24.2. The van der Waals surface area contributed by atoms with Crippen LogP contribution in [0.2, 0.25) is 0 Å². The minimum absolute atomic E-state index is 0.